The summed E-state index contributed by atoms with van der Waals surface area (Å²) in [5.41, 5.74) is 1.10. The first-order chi connectivity index (χ1) is 16.0. The Hall–Kier alpha value is -4.07. The zero-order valence-corrected chi connectivity index (χ0v) is 18.5. The maximum Gasteiger partial charge on any atom is 0.295 e. The van der Waals surface area contributed by atoms with Gasteiger partial charge < -0.3 is 24.0 Å². The molecule has 2 heterocycles. The molecule has 0 bridgehead atoms. The maximum absolute atomic E-state index is 13.1. The molecule has 0 spiro atoms. The van der Waals surface area contributed by atoms with Gasteiger partial charge in [-0.25, -0.2) is 4.98 Å². The van der Waals surface area contributed by atoms with E-state index in [2.05, 4.69) is 4.98 Å². The van der Waals surface area contributed by atoms with Gasteiger partial charge in [0, 0.05) is 31.5 Å². The Kier molecular flexibility index (Phi) is 6.44. The molecule has 8 heteroatoms. The fourth-order valence-electron chi connectivity index (χ4n) is 4.07. The van der Waals surface area contributed by atoms with E-state index in [0.717, 1.165) is 5.56 Å². The van der Waals surface area contributed by atoms with Crippen LogP contribution in [-0.2, 0) is 16.1 Å². The second-order valence-electron chi connectivity index (χ2n) is 7.62. The lowest BCUT2D eigenvalue weighted by molar-refractivity contribution is -0.139. The van der Waals surface area contributed by atoms with Crippen molar-refractivity contribution in [2.45, 2.75) is 19.0 Å². The first-order valence-corrected chi connectivity index (χ1v) is 10.6. The van der Waals surface area contributed by atoms with Crippen molar-refractivity contribution < 1.29 is 24.2 Å². The van der Waals surface area contributed by atoms with Crippen molar-refractivity contribution in [3.05, 3.63) is 84.0 Å². The summed E-state index contributed by atoms with van der Waals surface area (Å²) < 4.78 is 12.5. The molecule has 8 nitrogen and oxygen atoms in total. The number of carbonyl (C=O) groups is 2. The van der Waals surface area contributed by atoms with Crippen molar-refractivity contribution in [2.24, 2.45) is 0 Å². The number of benzene rings is 2. The molecule has 0 saturated carbocycles. The van der Waals surface area contributed by atoms with Crippen molar-refractivity contribution in [1.29, 1.82) is 0 Å². The average molecular weight is 447 g/mol. The smallest absolute Gasteiger partial charge is 0.295 e. The van der Waals surface area contributed by atoms with Gasteiger partial charge in [0.05, 0.1) is 37.7 Å². The summed E-state index contributed by atoms with van der Waals surface area (Å²) in [6.07, 6.45) is 5.87. The number of Topliss-reactive ketones (excluding diaryl/α,β-unsaturated/α-hetero) is 1. The lowest BCUT2D eigenvalue weighted by atomic mass is 9.95. The van der Waals surface area contributed by atoms with Crippen LogP contribution in [0.1, 0.15) is 23.6 Å². The number of amides is 1. The molecular formula is C25H25N3O5. The van der Waals surface area contributed by atoms with Crippen LogP contribution in [0.2, 0.25) is 0 Å². The van der Waals surface area contributed by atoms with Crippen LogP contribution in [0.25, 0.3) is 5.76 Å². The summed E-state index contributed by atoms with van der Waals surface area (Å²) in [5.74, 6) is -0.753. The van der Waals surface area contributed by atoms with Gasteiger partial charge in [0.2, 0.25) is 0 Å². The van der Waals surface area contributed by atoms with Crippen molar-refractivity contribution in [3.8, 4) is 11.5 Å². The number of aliphatic hydroxyl groups excluding tert-OH is 1. The minimum atomic E-state index is -0.721. The lowest BCUT2D eigenvalue weighted by Crippen LogP contribution is -2.31. The van der Waals surface area contributed by atoms with E-state index in [4.69, 9.17) is 9.47 Å². The first-order valence-electron chi connectivity index (χ1n) is 10.6. The molecule has 0 aliphatic carbocycles. The highest BCUT2D eigenvalue weighted by Crippen LogP contribution is 2.41. The Bertz CT molecular complexity index is 1170. The Labute approximate surface area is 191 Å². The fourth-order valence-corrected chi connectivity index (χ4v) is 4.07. The number of hydrogen-bond donors (Lipinski definition) is 1. The molecule has 0 radical (unpaired) electrons. The third kappa shape index (κ3) is 4.32. The molecule has 1 aliphatic rings. The monoisotopic (exact) mass is 447 g/mol. The van der Waals surface area contributed by atoms with Crippen LogP contribution in [0.4, 0.5) is 0 Å². The number of imidazole rings is 1. The van der Waals surface area contributed by atoms with Gasteiger partial charge >= 0.3 is 0 Å². The average Bonchev–Trinajstić information content (AvgIpc) is 3.46. The summed E-state index contributed by atoms with van der Waals surface area (Å²) in [6, 6.07) is 13.4. The maximum atomic E-state index is 13.1. The fraction of sp³-hybridized carbons (Fsp3) is 0.240. The Morgan fingerprint density at radius 1 is 1.06 bits per heavy atom. The Balaban J connectivity index is 1.75. The van der Waals surface area contributed by atoms with Crippen molar-refractivity contribution in [2.75, 3.05) is 20.8 Å². The van der Waals surface area contributed by atoms with Crippen LogP contribution in [0.15, 0.2) is 72.8 Å². The normalized spacial score (nSPS) is 17.4. The Morgan fingerprint density at radius 3 is 2.52 bits per heavy atom. The Morgan fingerprint density at radius 2 is 1.85 bits per heavy atom. The van der Waals surface area contributed by atoms with E-state index in [1.807, 2.05) is 41.1 Å². The standard InChI is InChI=1S/C25H25N3O5/c1-32-18-9-10-19(20(15-18)33-2)23(29)21-22(17-7-4-3-5-8-17)28(25(31)24(21)30)13-6-12-27-14-11-26-16-27/h3-5,7-11,14-16,22,29H,6,12-13H2,1-2H3/t22-/m0/s1. The largest absolute Gasteiger partial charge is 0.507 e. The van der Waals surface area contributed by atoms with Crippen molar-refractivity contribution in [3.63, 3.8) is 0 Å². The van der Waals surface area contributed by atoms with Gasteiger partial charge in [0.25, 0.3) is 11.7 Å². The summed E-state index contributed by atoms with van der Waals surface area (Å²) >= 11 is 0. The second kappa shape index (κ2) is 9.60. The lowest BCUT2D eigenvalue weighted by Gasteiger charge is -2.25. The highest BCUT2D eigenvalue weighted by atomic mass is 16.5. The molecule has 33 heavy (non-hydrogen) atoms. The molecule has 1 amide bonds. The number of rotatable bonds is 8. The minimum Gasteiger partial charge on any atom is -0.507 e. The molecule has 0 unspecified atom stereocenters. The molecule has 1 saturated heterocycles. The third-order valence-electron chi connectivity index (χ3n) is 5.69. The van der Waals surface area contributed by atoms with Crippen molar-refractivity contribution >= 4 is 17.4 Å². The molecule has 2 aromatic carbocycles. The van der Waals surface area contributed by atoms with Gasteiger partial charge in [0.15, 0.2) is 0 Å². The summed E-state index contributed by atoms with van der Waals surface area (Å²) in [7, 11) is 2.99. The van der Waals surface area contributed by atoms with Gasteiger partial charge in [-0.05, 0) is 24.1 Å². The second-order valence-corrected chi connectivity index (χ2v) is 7.62. The molecule has 1 N–H and O–H groups in total. The van der Waals surface area contributed by atoms with E-state index in [-0.39, 0.29) is 11.3 Å². The number of likely N-dealkylation sites (tertiary alicyclic amines) is 1. The molecule has 1 atom stereocenters. The van der Waals surface area contributed by atoms with E-state index in [1.165, 1.54) is 19.1 Å². The van der Waals surface area contributed by atoms with Crippen LogP contribution in [0, 0.1) is 0 Å². The van der Waals surface area contributed by atoms with Gasteiger partial charge in [-0.3, -0.25) is 9.59 Å². The third-order valence-corrected chi connectivity index (χ3v) is 5.69. The molecule has 170 valence electrons. The molecule has 1 fully saturated rings. The molecular weight excluding hydrogens is 422 g/mol. The van der Waals surface area contributed by atoms with E-state index in [9.17, 15) is 14.7 Å². The van der Waals surface area contributed by atoms with Crippen LogP contribution in [0.3, 0.4) is 0 Å². The minimum absolute atomic E-state index is 0.0392. The predicted octanol–water partition coefficient (Wildman–Crippen LogP) is 3.41. The molecule has 1 aromatic heterocycles. The predicted molar refractivity (Wildman–Crippen MR) is 122 cm³/mol. The van der Waals surface area contributed by atoms with E-state index < -0.39 is 17.7 Å². The molecule has 3 aromatic rings. The highest BCUT2D eigenvalue weighted by molar-refractivity contribution is 6.46. The first kappa shape index (κ1) is 22.1. The van der Waals surface area contributed by atoms with Gasteiger partial charge in [-0.1, -0.05) is 30.3 Å². The number of ketones is 1. The molecule has 1 aliphatic heterocycles. The summed E-state index contributed by atoms with van der Waals surface area (Å²) in [5, 5.41) is 11.3. The van der Waals surface area contributed by atoms with Crippen molar-refractivity contribution in [1.82, 2.24) is 14.5 Å². The topological polar surface area (TPSA) is 93.9 Å². The number of ether oxygens (including phenoxy) is 2. The number of nitrogens with zero attached hydrogens (tertiary/aromatic N) is 3. The van der Waals surface area contributed by atoms with Gasteiger partial charge in [-0.15, -0.1) is 0 Å². The van der Waals surface area contributed by atoms with E-state index in [0.29, 0.717) is 36.6 Å². The number of carbonyl (C=O) groups excluding carboxylic acids is 2. The highest BCUT2D eigenvalue weighted by Gasteiger charge is 2.46. The SMILES string of the molecule is COc1ccc(C(O)=C2C(=O)C(=O)N(CCCn3ccnc3)[C@H]2c2ccccc2)c(OC)c1. The van der Waals surface area contributed by atoms with Crippen LogP contribution >= 0.6 is 0 Å². The molecule has 4 rings (SSSR count). The van der Waals surface area contributed by atoms with E-state index in [1.54, 1.807) is 30.7 Å². The van der Waals surface area contributed by atoms with Crippen LogP contribution in [0.5, 0.6) is 11.5 Å². The number of hydrogen-bond acceptors (Lipinski definition) is 6. The van der Waals surface area contributed by atoms with Crippen LogP contribution in [-0.4, -0.2) is 52.0 Å². The van der Waals surface area contributed by atoms with Crippen LogP contribution < -0.4 is 9.47 Å². The number of methoxy groups -OCH3 is 2. The van der Waals surface area contributed by atoms with E-state index >= 15 is 0 Å². The van der Waals surface area contributed by atoms with Gasteiger partial charge in [0.1, 0.15) is 17.3 Å². The number of aromatic nitrogens is 2. The zero-order valence-electron chi connectivity index (χ0n) is 18.5. The van der Waals surface area contributed by atoms with Gasteiger partial charge in [-0.2, -0.15) is 0 Å². The zero-order chi connectivity index (χ0) is 23.4. The number of aliphatic hydroxyl groups is 1. The summed E-state index contributed by atoms with van der Waals surface area (Å²) in [6.45, 7) is 0.996. The number of aryl methyl sites for hydroxylation is 1. The quantitative estimate of drug-likeness (QED) is 0.323. The summed E-state index contributed by atoms with van der Waals surface area (Å²) in [4.78, 5) is 31.7.